The zero-order valence-corrected chi connectivity index (χ0v) is 10.2. The van der Waals surface area contributed by atoms with Gasteiger partial charge in [-0.25, -0.2) is 0 Å². The zero-order valence-electron chi connectivity index (χ0n) is 9.22. The third-order valence-corrected chi connectivity index (χ3v) is 5.49. The predicted octanol–water partition coefficient (Wildman–Crippen LogP) is 0.864. The minimum Gasteiger partial charge on any atom is -0.377 e. The highest BCUT2D eigenvalue weighted by atomic mass is 28.4. The summed E-state index contributed by atoms with van der Waals surface area (Å²) in [5.41, 5.74) is 0.319. The molecule has 0 aliphatic carbocycles. The summed E-state index contributed by atoms with van der Waals surface area (Å²) in [6.45, 7) is 3.05. The van der Waals surface area contributed by atoms with E-state index in [1.807, 2.05) is 7.05 Å². The molecule has 0 aromatic rings. The molecule has 1 N–H and O–H groups in total. The fourth-order valence-corrected chi connectivity index (χ4v) is 3.60. The van der Waals surface area contributed by atoms with E-state index in [-0.39, 0.29) is 0 Å². The van der Waals surface area contributed by atoms with Crippen molar-refractivity contribution in [1.82, 2.24) is 5.32 Å². The van der Waals surface area contributed by atoms with E-state index in [1.54, 1.807) is 21.3 Å². The van der Waals surface area contributed by atoms with Gasteiger partial charge in [-0.3, -0.25) is 0 Å². The number of nitrogens with one attached hydrogen (secondary N) is 1. The van der Waals surface area contributed by atoms with Crippen LogP contribution in [0.5, 0.6) is 0 Å². The highest BCUT2D eigenvalue weighted by Crippen LogP contribution is 2.26. The van der Waals surface area contributed by atoms with Gasteiger partial charge in [0, 0.05) is 26.9 Å². The van der Waals surface area contributed by atoms with Crippen LogP contribution in [0.1, 0.15) is 13.3 Å². The molecule has 4 nitrogen and oxygen atoms in total. The third kappa shape index (κ3) is 3.36. The fourth-order valence-electron chi connectivity index (χ4n) is 1.39. The van der Waals surface area contributed by atoms with Crippen molar-refractivity contribution in [2.45, 2.75) is 18.9 Å². The van der Waals surface area contributed by atoms with E-state index in [2.05, 4.69) is 12.2 Å². The number of hydrogen-bond acceptors (Lipinski definition) is 4. The summed E-state index contributed by atoms with van der Waals surface area (Å²) < 4.78 is 16.1. The highest BCUT2D eigenvalue weighted by molar-refractivity contribution is 6.62. The van der Waals surface area contributed by atoms with Gasteiger partial charge in [-0.1, -0.05) is 6.92 Å². The molecule has 0 aliphatic heterocycles. The summed E-state index contributed by atoms with van der Waals surface area (Å²) in [4.78, 5) is 0. The minimum absolute atomic E-state index is 0.319. The first-order chi connectivity index (χ1) is 6.16. The van der Waals surface area contributed by atoms with Crippen LogP contribution in [0.25, 0.3) is 0 Å². The summed E-state index contributed by atoms with van der Waals surface area (Å²) in [6, 6.07) is 0. The van der Waals surface area contributed by atoms with E-state index in [1.165, 1.54) is 0 Å². The SMILES string of the molecule is CNCCC(C)[Si](OC)(OC)OC. The molecule has 0 radical (unpaired) electrons. The summed E-state index contributed by atoms with van der Waals surface area (Å²) in [7, 11) is 4.48. The van der Waals surface area contributed by atoms with E-state index in [0.29, 0.717) is 5.54 Å². The van der Waals surface area contributed by atoms with Gasteiger partial charge >= 0.3 is 8.80 Å². The van der Waals surface area contributed by atoms with Crippen LogP contribution in [-0.4, -0.2) is 43.7 Å². The summed E-state index contributed by atoms with van der Waals surface area (Å²) in [5.74, 6) is 0. The largest absolute Gasteiger partial charge is 0.503 e. The standard InChI is InChI=1S/C8H21NO3Si/c1-8(6-7-9-2)13(10-3,11-4)12-5/h8-9H,6-7H2,1-5H3. The molecule has 0 saturated carbocycles. The van der Waals surface area contributed by atoms with Crippen LogP contribution >= 0.6 is 0 Å². The van der Waals surface area contributed by atoms with Crippen LogP contribution < -0.4 is 5.32 Å². The van der Waals surface area contributed by atoms with Crippen LogP contribution in [-0.2, 0) is 13.3 Å². The molecular formula is C8H21NO3Si. The highest BCUT2D eigenvalue weighted by Gasteiger charge is 2.43. The normalized spacial score (nSPS) is 14.5. The Kier molecular flexibility index (Phi) is 6.53. The summed E-state index contributed by atoms with van der Waals surface area (Å²) in [5, 5.41) is 3.10. The number of rotatable bonds is 7. The molecule has 0 aliphatic rings. The van der Waals surface area contributed by atoms with Crippen molar-refractivity contribution in [1.29, 1.82) is 0 Å². The van der Waals surface area contributed by atoms with Crippen LogP contribution in [0, 0.1) is 0 Å². The average Bonchev–Trinajstić information content (AvgIpc) is 2.18. The van der Waals surface area contributed by atoms with E-state index in [0.717, 1.165) is 13.0 Å². The second-order valence-electron chi connectivity index (χ2n) is 3.01. The first-order valence-electron chi connectivity index (χ1n) is 4.46. The van der Waals surface area contributed by atoms with Gasteiger partial charge in [-0.05, 0) is 20.0 Å². The Morgan fingerprint density at radius 1 is 1.15 bits per heavy atom. The van der Waals surface area contributed by atoms with Gasteiger partial charge < -0.3 is 18.6 Å². The molecule has 0 saturated heterocycles. The fraction of sp³-hybridized carbons (Fsp3) is 1.00. The van der Waals surface area contributed by atoms with Crippen molar-refractivity contribution in [3.05, 3.63) is 0 Å². The molecule has 0 fully saturated rings. The molecule has 0 bridgehead atoms. The molecule has 0 amide bonds. The molecule has 0 aromatic heterocycles. The third-order valence-electron chi connectivity index (χ3n) is 2.28. The molecule has 5 heteroatoms. The lowest BCUT2D eigenvalue weighted by Gasteiger charge is -2.30. The van der Waals surface area contributed by atoms with Crippen LogP contribution in [0.3, 0.4) is 0 Å². The van der Waals surface area contributed by atoms with Gasteiger partial charge in [0.05, 0.1) is 0 Å². The van der Waals surface area contributed by atoms with Crippen molar-refractivity contribution < 1.29 is 13.3 Å². The Labute approximate surface area is 81.9 Å². The average molecular weight is 207 g/mol. The maximum atomic E-state index is 5.36. The molecule has 0 spiro atoms. The van der Waals surface area contributed by atoms with Gasteiger partial charge in [-0.15, -0.1) is 0 Å². The van der Waals surface area contributed by atoms with Crippen LogP contribution in [0.4, 0.5) is 0 Å². The topological polar surface area (TPSA) is 39.7 Å². The van der Waals surface area contributed by atoms with Gasteiger partial charge in [0.1, 0.15) is 0 Å². The molecule has 0 aromatic carbocycles. The molecule has 1 unspecified atom stereocenters. The van der Waals surface area contributed by atoms with Crippen molar-refractivity contribution >= 4 is 8.80 Å². The van der Waals surface area contributed by atoms with Crippen LogP contribution in [0.2, 0.25) is 5.54 Å². The van der Waals surface area contributed by atoms with Gasteiger partial charge in [-0.2, -0.15) is 0 Å². The Balaban J connectivity index is 4.17. The summed E-state index contributed by atoms with van der Waals surface area (Å²) in [6.07, 6.45) is 0.998. The second-order valence-corrected chi connectivity index (χ2v) is 6.43. The maximum absolute atomic E-state index is 5.36. The van der Waals surface area contributed by atoms with Gasteiger partial charge in [0.2, 0.25) is 0 Å². The number of hydrogen-bond donors (Lipinski definition) is 1. The van der Waals surface area contributed by atoms with Crippen molar-refractivity contribution in [3.8, 4) is 0 Å². The summed E-state index contributed by atoms with van der Waals surface area (Å²) >= 11 is 0. The van der Waals surface area contributed by atoms with E-state index < -0.39 is 8.80 Å². The van der Waals surface area contributed by atoms with E-state index >= 15 is 0 Å². The molecule has 80 valence electrons. The molecule has 0 rings (SSSR count). The Morgan fingerprint density at radius 2 is 1.62 bits per heavy atom. The first-order valence-corrected chi connectivity index (χ1v) is 6.27. The quantitative estimate of drug-likeness (QED) is 0.629. The smallest absolute Gasteiger partial charge is 0.377 e. The molecule has 13 heavy (non-hydrogen) atoms. The molecule has 1 atom stereocenters. The van der Waals surface area contributed by atoms with Gasteiger partial charge in [0.15, 0.2) is 0 Å². The predicted molar refractivity (Wildman–Crippen MR) is 54.7 cm³/mol. The Morgan fingerprint density at radius 3 is 1.92 bits per heavy atom. The van der Waals surface area contributed by atoms with Gasteiger partial charge in [0.25, 0.3) is 0 Å². The maximum Gasteiger partial charge on any atom is 0.503 e. The molecular weight excluding hydrogens is 186 g/mol. The van der Waals surface area contributed by atoms with Crippen molar-refractivity contribution in [3.63, 3.8) is 0 Å². The van der Waals surface area contributed by atoms with E-state index in [9.17, 15) is 0 Å². The first kappa shape index (κ1) is 13.1. The van der Waals surface area contributed by atoms with Crippen molar-refractivity contribution in [2.24, 2.45) is 0 Å². The zero-order chi connectivity index (χ0) is 10.3. The van der Waals surface area contributed by atoms with Crippen LogP contribution in [0.15, 0.2) is 0 Å². The Bertz CT molecular complexity index is 122. The Hall–Kier alpha value is 0.0569. The lowest BCUT2D eigenvalue weighted by Crippen LogP contribution is -2.47. The lowest BCUT2D eigenvalue weighted by molar-refractivity contribution is 0.112. The minimum atomic E-state index is -2.40. The molecule has 0 heterocycles. The van der Waals surface area contributed by atoms with E-state index in [4.69, 9.17) is 13.3 Å². The van der Waals surface area contributed by atoms with Crippen molar-refractivity contribution in [2.75, 3.05) is 34.9 Å². The lowest BCUT2D eigenvalue weighted by atomic mass is 10.3. The monoisotopic (exact) mass is 207 g/mol. The second kappa shape index (κ2) is 6.50.